The first-order chi connectivity index (χ1) is 8.15. The summed E-state index contributed by atoms with van der Waals surface area (Å²) in [5.74, 6) is 0.360. The molecular weight excluding hydrogens is 217 g/mol. The Morgan fingerprint density at radius 2 is 1.59 bits per heavy atom. The number of rotatable bonds is 3. The summed E-state index contributed by atoms with van der Waals surface area (Å²) in [7, 11) is 0. The Morgan fingerprint density at radius 1 is 1.00 bits per heavy atom. The van der Waals surface area contributed by atoms with Crippen molar-refractivity contribution in [3.63, 3.8) is 0 Å². The summed E-state index contributed by atoms with van der Waals surface area (Å²) in [6, 6.07) is 6.57. The van der Waals surface area contributed by atoms with E-state index in [1.54, 1.807) is 24.5 Å². The van der Waals surface area contributed by atoms with Gasteiger partial charge in [0.2, 0.25) is 5.95 Å². The van der Waals surface area contributed by atoms with Crippen LogP contribution in [0.3, 0.4) is 0 Å². The molecule has 88 valence electrons. The number of benzene rings is 1. The molecule has 0 unspecified atom stereocenters. The van der Waals surface area contributed by atoms with Crippen LogP contribution in [0.15, 0.2) is 36.7 Å². The number of hydrogen-bond acceptors (Lipinski definition) is 3. The van der Waals surface area contributed by atoms with Crippen LogP contribution in [0.25, 0.3) is 11.1 Å². The minimum absolute atomic E-state index is 0.243. The van der Waals surface area contributed by atoms with Crippen molar-refractivity contribution >= 4 is 5.95 Å². The van der Waals surface area contributed by atoms with Gasteiger partial charge in [-0.05, 0) is 31.5 Å². The molecule has 1 aromatic carbocycles. The molecule has 0 amide bonds. The van der Waals surface area contributed by atoms with Crippen LogP contribution in [0.2, 0.25) is 0 Å². The first-order valence-corrected chi connectivity index (χ1v) is 5.49. The highest BCUT2D eigenvalue weighted by Crippen LogP contribution is 2.18. The maximum Gasteiger partial charge on any atom is 0.222 e. The molecule has 2 aromatic rings. The summed E-state index contributed by atoms with van der Waals surface area (Å²) < 4.78 is 12.8. The second kappa shape index (κ2) is 4.91. The molecule has 17 heavy (non-hydrogen) atoms. The molecule has 0 saturated carbocycles. The number of nitrogens with one attached hydrogen (secondary N) is 1. The standard InChI is InChI=1S/C13H14FN3/c1-9(2)17-13-15-7-11(8-16-13)10-3-5-12(14)6-4-10/h3-9H,1-2H3,(H,15,16,17). The second-order valence-electron chi connectivity index (χ2n) is 4.10. The zero-order valence-electron chi connectivity index (χ0n) is 9.81. The zero-order valence-corrected chi connectivity index (χ0v) is 9.81. The van der Waals surface area contributed by atoms with E-state index in [1.807, 2.05) is 13.8 Å². The normalized spacial score (nSPS) is 10.6. The van der Waals surface area contributed by atoms with Crippen LogP contribution in [0, 0.1) is 5.82 Å². The summed E-state index contributed by atoms with van der Waals surface area (Å²) in [5.41, 5.74) is 1.78. The van der Waals surface area contributed by atoms with Crippen molar-refractivity contribution in [2.24, 2.45) is 0 Å². The Balaban J connectivity index is 2.20. The Kier molecular flexibility index (Phi) is 3.32. The molecule has 0 aliphatic carbocycles. The quantitative estimate of drug-likeness (QED) is 0.882. The van der Waals surface area contributed by atoms with Gasteiger partial charge in [-0.15, -0.1) is 0 Å². The van der Waals surface area contributed by atoms with Gasteiger partial charge >= 0.3 is 0 Å². The Bertz CT molecular complexity index is 477. The number of anilines is 1. The number of hydrogen-bond donors (Lipinski definition) is 1. The highest BCUT2D eigenvalue weighted by molar-refractivity contribution is 5.61. The topological polar surface area (TPSA) is 37.8 Å². The second-order valence-corrected chi connectivity index (χ2v) is 4.10. The molecule has 1 aromatic heterocycles. The summed E-state index contributed by atoms with van der Waals surface area (Å²) in [5, 5.41) is 3.11. The molecule has 0 bridgehead atoms. The van der Waals surface area contributed by atoms with E-state index < -0.39 is 0 Å². The van der Waals surface area contributed by atoms with Crippen LogP contribution in [0.1, 0.15) is 13.8 Å². The van der Waals surface area contributed by atoms with Crippen molar-refractivity contribution in [3.8, 4) is 11.1 Å². The first-order valence-electron chi connectivity index (χ1n) is 5.49. The lowest BCUT2D eigenvalue weighted by molar-refractivity contribution is 0.628. The van der Waals surface area contributed by atoms with E-state index in [0.29, 0.717) is 12.0 Å². The van der Waals surface area contributed by atoms with Crippen molar-refractivity contribution < 1.29 is 4.39 Å². The molecule has 3 nitrogen and oxygen atoms in total. The van der Waals surface area contributed by atoms with Crippen LogP contribution in [0.5, 0.6) is 0 Å². The number of nitrogens with zero attached hydrogens (tertiary/aromatic N) is 2. The van der Waals surface area contributed by atoms with Crippen molar-refractivity contribution in [1.29, 1.82) is 0 Å². The molecule has 0 fully saturated rings. The van der Waals surface area contributed by atoms with Crippen molar-refractivity contribution in [2.75, 3.05) is 5.32 Å². The van der Waals surface area contributed by atoms with Gasteiger partial charge in [-0.2, -0.15) is 0 Å². The van der Waals surface area contributed by atoms with Gasteiger partial charge < -0.3 is 5.32 Å². The molecular formula is C13H14FN3. The molecule has 0 atom stereocenters. The fourth-order valence-corrected chi connectivity index (χ4v) is 1.45. The van der Waals surface area contributed by atoms with Crippen LogP contribution >= 0.6 is 0 Å². The summed E-state index contributed by atoms with van der Waals surface area (Å²) in [6.07, 6.45) is 3.45. The van der Waals surface area contributed by atoms with Gasteiger partial charge in [0.25, 0.3) is 0 Å². The van der Waals surface area contributed by atoms with E-state index in [0.717, 1.165) is 11.1 Å². The minimum atomic E-state index is -0.243. The third kappa shape index (κ3) is 3.00. The van der Waals surface area contributed by atoms with Crippen molar-refractivity contribution in [2.45, 2.75) is 19.9 Å². The van der Waals surface area contributed by atoms with Gasteiger partial charge in [-0.1, -0.05) is 12.1 Å². The first kappa shape index (κ1) is 11.5. The SMILES string of the molecule is CC(C)Nc1ncc(-c2ccc(F)cc2)cn1. The summed E-state index contributed by atoms with van der Waals surface area (Å²) >= 11 is 0. The minimum Gasteiger partial charge on any atom is -0.352 e. The van der Waals surface area contributed by atoms with Crippen molar-refractivity contribution in [1.82, 2.24) is 9.97 Å². The van der Waals surface area contributed by atoms with E-state index in [-0.39, 0.29) is 5.82 Å². The fraction of sp³-hybridized carbons (Fsp3) is 0.231. The molecule has 4 heteroatoms. The lowest BCUT2D eigenvalue weighted by Gasteiger charge is -2.08. The monoisotopic (exact) mass is 231 g/mol. The van der Waals surface area contributed by atoms with Crippen LogP contribution in [0.4, 0.5) is 10.3 Å². The summed E-state index contributed by atoms with van der Waals surface area (Å²) in [6.45, 7) is 4.05. The van der Waals surface area contributed by atoms with E-state index in [9.17, 15) is 4.39 Å². The Morgan fingerprint density at radius 3 is 2.12 bits per heavy atom. The van der Waals surface area contributed by atoms with Gasteiger partial charge in [0, 0.05) is 24.0 Å². The third-order valence-electron chi connectivity index (χ3n) is 2.25. The predicted molar refractivity (Wildman–Crippen MR) is 66.2 cm³/mol. The maximum absolute atomic E-state index is 12.8. The maximum atomic E-state index is 12.8. The molecule has 2 rings (SSSR count). The molecule has 1 N–H and O–H groups in total. The molecule has 0 aliphatic heterocycles. The largest absolute Gasteiger partial charge is 0.352 e. The molecule has 0 aliphatic rings. The number of halogens is 1. The Labute approximate surface area is 99.7 Å². The van der Waals surface area contributed by atoms with E-state index in [1.165, 1.54) is 12.1 Å². The molecule has 0 spiro atoms. The van der Waals surface area contributed by atoms with E-state index in [2.05, 4.69) is 15.3 Å². The molecule has 0 radical (unpaired) electrons. The average molecular weight is 231 g/mol. The van der Waals surface area contributed by atoms with Crippen LogP contribution < -0.4 is 5.32 Å². The third-order valence-corrected chi connectivity index (χ3v) is 2.25. The van der Waals surface area contributed by atoms with Crippen molar-refractivity contribution in [3.05, 3.63) is 42.5 Å². The summed E-state index contributed by atoms with van der Waals surface area (Å²) in [4.78, 5) is 8.40. The van der Waals surface area contributed by atoms with Gasteiger partial charge in [0.05, 0.1) is 0 Å². The number of aromatic nitrogens is 2. The van der Waals surface area contributed by atoms with Crippen LogP contribution in [-0.2, 0) is 0 Å². The molecule has 0 saturated heterocycles. The zero-order chi connectivity index (χ0) is 12.3. The highest BCUT2D eigenvalue weighted by Gasteiger charge is 2.01. The van der Waals surface area contributed by atoms with E-state index in [4.69, 9.17) is 0 Å². The lowest BCUT2D eigenvalue weighted by atomic mass is 10.1. The van der Waals surface area contributed by atoms with E-state index >= 15 is 0 Å². The smallest absolute Gasteiger partial charge is 0.222 e. The van der Waals surface area contributed by atoms with Gasteiger partial charge in [-0.3, -0.25) is 0 Å². The lowest BCUT2D eigenvalue weighted by Crippen LogP contribution is -2.12. The van der Waals surface area contributed by atoms with Gasteiger partial charge in [-0.25, -0.2) is 14.4 Å². The molecule has 1 heterocycles. The highest BCUT2D eigenvalue weighted by atomic mass is 19.1. The predicted octanol–water partition coefficient (Wildman–Crippen LogP) is 3.10. The van der Waals surface area contributed by atoms with Crippen LogP contribution in [-0.4, -0.2) is 16.0 Å². The average Bonchev–Trinajstić information content (AvgIpc) is 2.30. The van der Waals surface area contributed by atoms with Gasteiger partial charge in [0.1, 0.15) is 5.82 Å². The van der Waals surface area contributed by atoms with Gasteiger partial charge in [0.15, 0.2) is 0 Å². The fourth-order valence-electron chi connectivity index (χ4n) is 1.45. The Hall–Kier alpha value is -1.97.